The van der Waals surface area contributed by atoms with E-state index in [1.807, 2.05) is 0 Å². The van der Waals surface area contributed by atoms with E-state index in [1.54, 1.807) is 6.92 Å². The number of aryl methyl sites for hydroxylation is 1. The highest BCUT2D eigenvalue weighted by atomic mass is 16.6. The average molecular weight is 156 g/mol. The molecule has 1 N–H and O–H groups in total. The molecule has 1 amide bonds. The van der Waals surface area contributed by atoms with Crippen molar-refractivity contribution in [1.82, 2.24) is 10.6 Å². The normalized spacial score (nSPS) is 9.64. The van der Waals surface area contributed by atoms with E-state index in [1.165, 1.54) is 13.3 Å². The molecule has 0 bridgehead atoms. The van der Waals surface area contributed by atoms with Gasteiger partial charge in [0.25, 0.3) is 0 Å². The van der Waals surface area contributed by atoms with Gasteiger partial charge in [-0.15, -0.1) is 0 Å². The highest BCUT2D eigenvalue weighted by Gasteiger charge is 2.12. The summed E-state index contributed by atoms with van der Waals surface area (Å²) in [6, 6.07) is 0. The quantitative estimate of drug-likeness (QED) is 0.624. The van der Waals surface area contributed by atoms with E-state index >= 15 is 0 Å². The third kappa shape index (κ3) is 1.56. The van der Waals surface area contributed by atoms with E-state index in [0.29, 0.717) is 5.56 Å². The molecule has 1 aromatic rings. The summed E-state index contributed by atoms with van der Waals surface area (Å²) in [5.74, 6) is -0.255. The number of hydrogen-bond donors (Lipinski definition) is 1. The van der Waals surface area contributed by atoms with Gasteiger partial charge in [-0.1, -0.05) is 5.16 Å². The first-order valence-corrected chi connectivity index (χ1v) is 3.00. The minimum Gasteiger partial charge on any atom is -0.351 e. The van der Waals surface area contributed by atoms with Gasteiger partial charge in [0.2, 0.25) is 5.76 Å². The van der Waals surface area contributed by atoms with Crippen LogP contribution in [0.1, 0.15) is 16.1 Å². The molecule has 5 nitrogen and oxygen atoms in total. The molecule has 11 heavy (non-hydrogen) atoms. The van der Waals surface area contributed by atoms with Crippen LogP contribution in [0.15, 0.2) is 10.7 Å². The van der Waals surface area contributed by atoms with Gasteiger partial charge in [-0.05, 0) is 6.92 Å². The van der Waals surface area contributed by atoms with Crippen molar-refractivity contribution in [2.24, 2.45) is 0 Å². The Balaban J connectivity index is 2.76. The fourth-order valence-electron chi connectivity index (χ4n) is 0.648. The standard InChI is InChI=1S/C6H8N2O3/c1-4-3-7-11-5(4)6(9)8-10-2/h3H,1-2H3,(H,8,9). The number of carbonyl (C=O) groups is 1. The van der Waals surface area contributed by atoms with E-state index < -0.39 is 5.91 Å². The van der Waals surface area contributed by atoms with Gasteiger partial charge in [0.15, 0.2) is 0 Å². The highest BCUT2D eigenvalue weighted by molar-refractivity contribution is 5.91. The van der Waals surface area contributed by atoms with E-state index in [2.05, 4.69) is 20.0 Å². The Bertz CT molecular complexity index is 256. The highest BCUT2D eigenvalue weighted by Crippen LogP contribution is 2.04. The maximum Gasteiger partial charge on any atom is 0.313 e. The monoisotopic (exact) mass is 156 g/mol. The molecule has 0 saturated heterocycles. The van der Waals surface area contributed by atoms with Gasteiger partial charge in [0.05, 0.1) is 13.3 Å². The lowest BCUT2D eigenvalue weighted by molar-refractivity contribution is 0.0501. The number of nitrogens with one attached hydrogen (secondary N) is 1. The van der Waals surface area contributed by atoms with Crippen LogP contribution < -0.4 is 5.48 Å². The van der Waals surface area contributed by atoms with E-state index in [4.69, 9.17) is 0 Å². The predicted molar refractivity (Wildman–Crippen MR) is 35.7 cm³/mol. The molecule has 0 unspecified atom stereocenters. The Kier molecular flexibility index (Phi) is 2.22. The second-order valence-electron chi connectivity index (χ2n) is 1.97. The Hall–Kier alpha value is -1.36. The van der Waals surface area contributed by atoms with Crippen molar-refractivity contribution < 1.29 is 14.2 Å². The molecule has 0 aliphatic rings. The second kappa shape index (κ2) is 3.16. The van der Waals surface area contributed by atoms with Crippen molar-refractivity contribution in [2.75, 3.05) is 7.11 Å². The maximum atomic E-state index is 11.0. The smallest absolute Gasteiger partial charge is 0.313 e. The Morgan fingerprint density at radius 2 is 2.55 bits per heavy atom. The minimum atomic E-state index is -0.428. The molecule has 1 heterocycles. The van der Waals surface area contributed by atoms with Crippen LogP contribution >= 0.6 is 0 Å². The number of carbonyl (C=O) groups excluding carboxylic acids is 1. The molecule has 1 aromatic heterocycles. The molecule has 0 saturated carbocycles. The van der Waals surface area contributed by atoms with E-state index in [-0.39, 0.29) is 5.76 Å². The van der Waals surface area contributed by atoms with Gasteiger partial charge in [-0.3, -0.25) is 9.63 Å². The lowest BCUT2D eigenvalue weighted by Crippen LogP contribution is -2.21. The molecule has 5 heteroatoms. The number of aromatic nitrogens is 1. The van der Waals surface area contributed by atoms with Gasteiger partial charge in [0.1, 0.15) is 0 Å². The first-order valence-electron chi connectivity index (χ1n) is 3.00. The summed E-state index contributed by atoms with van der Waals surface area (Å²) in [4.78, 5) is 15.4. The van der Waals surface area contributed by atoms with Crippen LogP contribution in [0.25, 0.3) is 0 Å². The van der Waals surface area contributed by atoms with E-state index in [0.717, 1.165) is 0 Å². The summed E-state index contributed by atoms with van der Waals surface area (Å²) in [7, 11) is 1.35. The van der Waals surface area contributed by atoms with Crippen molar-refractivity contribution in [3.05, 3.63) is 17.5 Å². The van der Waals surface area contributed by atoms with E-state index in [9.17, 15) is 4.79 Å². The van der Waals surface area contributed by atoms with Crippen LogP contribution in [-0.2, 0) is 4.84 Å². The summed E-state index contributed by atoms with van der Waals surface area (Å²) in [6.45, 7) is 1.72. The zero-order valence-electron chi connectivity index (χ0n) is 6.25. The summed E-state index contributed by atoms with van der Waals surface area (Å²) >= 11 is 0. The maximum absolute atomic E-state index is 11.0. The SMILES string of the molecule is CONC(=O)c1oncc1C. The van der Waals surface area contributed by atoms with Gasteiger partial charge < -0.3 is 4.52 Å². The van der Waals surface area contributed by atoms with Gasteiger partial charge in [-0.25, -0.2) is 5.48 Å². The first kappa shape index (κ1) is 7.74. The van der Waals surface area contributed by atoms with Crippen molar-refractivity contribution in [3.63, 3.8) is 0 Å². The first-order chi connectivity index (χ1) is 5.25. The van der Waals surface area contributed by atoms with Crippen molar-refractivity contribution in [3.8, 4) is 0 Å². The zero-order valence-corrected chi connectivity index (χ0v) is 6.25. The lowest BCUT2D eigenvalue weighted by Gasteiger charge is -1.96. The van der Waals surface area contributed by atoms with Gasteiger partial charge >= 0.3 is 5.91 Å². The second-order valence-corrected chi connectivity index (χ2v) is 1.97. The third-order valence-corrected chi connectivity index (χ3v) is 1.15. The van der Waals surface area contributed by atoms with Gasteiger partial charge in [0, 0.05) is 5.56 Å². The molecule has 0 aromatic carbocycles. The fourth-order valence-corrected chi connectivity index (χ4v) is 0.648. The molecule has 0 aliphatic carbocycles. The van der Waals surface area contributed by atoms with Gasteiger partial charge in [-0.2, -0.15) is 0 Å². The topological polar surface area (TPSA) is 64.4 Å². The number of hydrogen-bond acceptors (Lipinski definition) is 4. The predicted octanol–water partition coefficient (Wildman–Crippen LogP) is 0.274. The van der Waals surface area contributed by atoms with Crippen LogP contribution in [0.5, 0.6) is 0 Å². The molecule has 0 spiro atoms. The summed E-state index contributed by atoms with van der Waals surface area (Å²) in [5.41, 5.74) is 2.80. The molecule has 0 fully saturated rings. The van der Waals surface area contributed by atoms with Crippen LogP contribution in [0, 0.1) is 6.92 Å². The number of nitrogens with zero attached hydrogens (tertiary/aromatic N) is 1. The molecular formula is C6H8N2O3. The zero-order chi connectivity index (χ0) is 8.27. The van der Waals surface area contributed by atoms with Crippen LogP contribution in [0.3, 0.4) is 0 Å². The summed E-state index contributed by atoms with van der Waals surface area (Å²) in [6.07, 6.45) is 1.46. The number of hydroxylamine groups is 1. The molecule has 0 aliphatic heterocycles. The number of rotatable bonds is 2. The van der Waals surface area contributed by atoms with Crippen molar-refractivity contribution >= 4 is 5.91 Å². The summed E-state index contributed by atoms with van der Waals surface area (Å²) < 4.78 is 4.64. The largest absolute Gasteiger partial charge is 0.351 e. The molecule has 0 atom stereocenters. The van der Waals surface area contributed by atoms with Crippen molar-refractivity contribution in [2.45, 2.75) is 6.92 Å². The Morgan fingerprint density at radius 1 is 1.82 bits per heavy atom. The fraction of sp³-hybridized carbons (Fsp3) is 0.333. The van der Waals surface area contributed by atoms with Crippen LogP contribution in [0.2, 0.25) is 0 Å². The molecule has 1 rings (SSSR count). The van der Waals surface area contributed by atoms with Crippen molar-refractivity contribution in [1.29, 1.82) is 0 Å². The Labute approximate surface area is 63.3 Å². The van der Waals surface area contributed by atoms with Crippen LogP contribution in [0.4, 0.5) is 0 Å². The minimum absolute atomic E-state index is 0.173. The molecule has 0 radical (unpaired) electrons. The third-order valence-electron chi connectivity index (χ3n) is 1.15. The van der Waals surface area contributed by atoms with Crippen LogP contribution in [-0.4, -0.2) is 18.2 Å². The molecular weight excluding hydrogens is 148 g/mol. The lowest BCUT2D eigenvalue weighted by atomic mass is 10.3. The number of amides is 1. The average Bonchev–Trinajstić information content (AvgIpc) is 2.36. The Morgan fingerprint density at radius 3 is 3.00 bits per heavy atom. The molecule has 60 valence electrons. The summed E-state index contributed by atoms with van der Waals surface area (Å²) in [5, 5.41) is 3.43.